The van der Waals surface area contributed by atoms with Gasteiger partial charge in [-0.2, -0.15) is 0 Å². The molecule has 1 aliphatic heterocycles. The van der Waals surface area contributed by atoms with Crippen molar-refractivity contribution in [2.45, 2.75) is 26.7 Å². The lowest BCUT2D eigenvalue weighted by atomic mass is 10.1. The Morgan fingerprint density at radius 3 is 2.41 bits per heavy atom. The van der Waals surface area contributed by atoms with Crippen LogP contribution >= 0.6 is 0 Å². The smallest absolute Gasteiger partial charge is 0.306 e. The van der Waals surface area contributed by atoms with Crippen LogP contribution in [0, 0.1) is 19.8 Å². The molecule has 1 fully saturated rings. The molecule has 1 aromatic rings. The number of amides is 2. The Morgan fingerprint density at radius 1 is 1.15 bits per heavy atom. The molecule has 8 nitrogen and oxygen atoms in total. The highest BCUT2D eigenvalue weighted by Crippen LogP contribution is 2.22. The summed E-state index contributed by atoms with van der Waals surface area (Å²) in [5.41, 5.74) is 2.53. The van der Waals surface area contributed by atoms with Crippen molar-refractivity contribution in [2.75, 3.05) is 30.0 Å². The number of carbonyl (C=O) groups excluding carboxylic acids is 3. The second kappa shape index (κ2) is 8.98. The first-order valence-electron chi connectivity index (χ1n) is 8.65. The first-order valence-corrected chi connectivity index (χ1v) is 10.5. The molecule has 0 aliphatic carbocycles. The molecule has 1 heterocycles. The summed E-state index contributed by atoms with van der Waals surface area (Å²) in [5, 5.41) is 5.12. The number of ether oxygens (including phenoxy) is 1. The van der Waals surface area contributed by atoms with E-state index >= 15 is 0 Å². The van der Waals surface area contributed by atoms with E-state index in [9.17, 15) is 22.8 Å². The average molecular weight is 396 g/mol. The third kappa shape index (κ3) is 6.67. The summed E-state index contributed by atoms with van der Waals surface area (Å²) in [5.74, 6) is -1.79. The zero-order chi connectivity index (χ0) is 20.0. The minimum absolute atomic E-state index is 0.0210. The van der Waals surface area contributed by atoms with Crippen LogP contribution in [0.25, 0.3) is 0 Å². The second-order valence-electron chi connectivity index (χ2n) is 6.73. The summed E-state index contributed by atoms with van der Waals surface area (Å²) in [6.07, 6.45) is 0.404. The summed E-state index contributed by atoms with van der Waals surface area (Å²) < 4.78 is 27.6. The predicted octanol–water partition coefficient (Wildman–Crippen LogP) is 0.726. The third-order valence-corrected chi connectivity index (χ3v) is 6.17. The van der Waals surface area contributed by atoms with E-state index in [1.54, 1.807) is 0 Å². The van der Waals surface area contributed by atoms with Crippen LogP contribution in [0.2, 0.25) is 0 Å². The van der Waals surface area contributed by atoms with Crippen LogP contribution in [0.3, 0.4) is 0 Å². The Balaban J connectivity index is 1.68. The number of anilines is 1. The summed E-state index contributed by atoms with van der Waals surface area (Å²) in [6.45, 7) is 2.99. The number of esters is 1. The van der Waals surface area contributed by atoms with E-state index in [1.165, 1.54) is 0 Å². The Hall–Kier alpha value is -2.42. The molecule has 0 aromatic heterocycles. The molecule has 1 aromatic carbocycles. The summed E-state index contributed by atoms with van der Waals surface area (Å²) in [7, 11) is -3.05. The lowest BCUT2D eigenvalue weighted by Gasteiger charge is -2.12. The van der Waals surface area contributed by atoms with Crippen molar-refractivity contribution in [3.05, 3.63) is 29.3 Å². The maximum absolute atomic E-state index is 12.0. The van der Waals surface area contributed by atoms with Crippen molar-refractivity contribution in [2.24, 2.45) is 5.92 Å². The summed E-state index contributed by atoms with van der Waals surface area (Å²) in [4.78, 5) is 35.4. The van der Waals surface area contributed by atoms with Gasteiger partial charge in [0.2, 0.25) is 5.91 Å². The minimum Gasteiger partial charge on any atom is -0.456 e. The van der Waals surface area contributed by atoms with Gasteiger partial charge in [0, 0.05) is 12.1 Å². The number of sulfone groups is 1. The molecule has 27 heavy (non-hydrogen) atoms. The standard InChI is InChI=1S/C18H24N2O6S/c1-12-4-3-5-13(2)18(12)20-15(21)9-19-16(22)10-26-17(23)8-14-6-7-27(24,25)11-14/h3-5,14H,6-11H2,1-2H3,(H,19,22)(H,20,21)/t14-/m0/s1. The van der Waals surface area contributed by atoms with E-state index in [2.05, 4.69) is 10.6 Å². The zero-order valence-electron chi connectivity index (χ0n) is 15.4. The monoisotopic (exact) mass is 396 g/mol. The van der Waals surface area contributed by atoms with Gasteiger partial charge in [-0.15, -0.1) is 0 Å². The van der Waals surface area contributed by atoms with E-state index < -0.39 is 28.3 Å². The molecule has 2 amide bonds. The highest BCUT2D eigenvalue weighted by molar-refractivity contribution is 7.91. The molecular formula is C18H24N2O6S. The molecule has 2 rings (SSSR count). The van der Waals surface area contributed by atoms with Crippen LogP contribution in [0.1, 0.15) is 24.0 Å². The number of benzene rings is 1. The molecule has 0 spiro atoms. The van der Waals surface area contributed by atoms with Crippen molar-refractivity contribution in [3.63, 3.8) is 0 Å². The van der Waals surface area contributed by atoms with Crippen molar-refractivity contribution < 1.29 is 27.5 Å². The Bertz CT molecular complexity index is 814. The summed E-state index contributed by atoms with van der Waals surface area (Å²) >= 11 is 0. The zero-order valence-corrected chi connectivity index (χ0v) is 16.2. The van der Waals surface area contributed by atoms with Gasteiger partial charge >= 0.3 is 5.97 Å². The fraction of sp³-hybridized carbons (Fsp3) is 0.500. The molecule has 0 radical (unpaired) electrons. The highest BCUT2D eigenvalue weighted by atomic mass is 32.2. The van der Waals surface area contributed by atoms with Crippen molar-refractivity contribution in [3.8, 4) is 0 Å². The Kier molecular flexibility index (Phi) is 6.95. The van der Waals surface area contributed by atoms with Crippen LogP contribution in [-0.2, 0) is 29.0 Å². The van der Waals surface area contributed by atoms with Crippen LogP contribution in [0.5, 0.6) is 0 Å². The quantitative estimate of drug-likeness (QED) is 0.656. The van der Waals surface area contributed by atoms with E-state index in [0.29, 0.717) is 12.1 Å². The molecule has 148 valence electrons. The Morgan fingerprint density at radius 2 is 1.81 bits per heavy atom. The largest absolute Gasteiger partial charge is 0.456 e. The molecule has 9 heteroatoms. The number of aryl methyl sites for hydroxylation is 2. The van der Waals surface area contributed by atoms with Crippen LogP contribution in [0.15, 0.2) is 18.2 Å². The SMILES string of the molecule is Cc1cccc(C)c1NC(=O)CNC(=O)COC(=O)C[C@@H]1CCS(=O)(=O)C1. The molecule has 1 atom stereocenters. The molecular weight excluding hydrogens is 372 g/mol. The number of nitrogens with one attached hydrogen (secondary N) is 2. The van der Waals surface area contributed by atoms with E-state index in [1.807, 2.05) is 32.0 Å². The fourth-order valence-corrected chi connectivity index (χ4v) is 4.76. The molecule has 0 unspecified atom stereocenters. The lowest BCUT2D eigenvalue weighted by molar-refractivity contribution is -0.149. The number of rotatable bonds is 7. The second-order valence-corrected chi connectivity index (χ2v) is 8.95. The van der Waals surface area contributed by atoms with Crippen molar-refractivity contribution in [1.82, 2.24) is 5.32 Å². The number of carbonyl (C=O) groups is 3. The third-order valence-electron chi connectivity index (χ3n) is 4.34. The topological polar surface area (TPSA) is 119 Å². The highest BCUT2D eigenvalue weighted by Gasteiger charge is 2.30. The predicted molar refractivity (Wildman–Crippen MR) is 99.9 cm³/mol. The van der Waals surface area contributed by atoms with E-state index in [0.717, 1.165) is 11.1 Å². The van der Waals surface area contributed by atoms with Crippen LogP contribution in [-0.4, -0.2) is 50.9 Å². The van der Waals surface area contributed by atoms with E-state index in [-0.39, 0.29) is 36.3 Å². The first kappa shape index (κ1) is 20.9. The average Bonchev–Trinajstić information content (AvgIpc) is 2.93. The normalized spacial score (nSPS) is 17.9. The maximum atomic E-state index is 12.0. The maximum Gasteiger partial charge on any atom is 0.306 e. The van der Waals surface area contributed by atoms with Crippen LogP contribution in [0.4, 0.5) is 5.69 Å². The van der Waals surface area contributed by atoms with Crippen molar-refractivity contribution >= 4 is 33.3 Å². The van der Waals surface area contributed by atoms with Gasteiger partial charge in [0.05, 0.1) is 18.1 Å². The van der Waals surface area contributed by atoms with E-state index in [4.69, 9.17) is 4.74 Å². The van der Waals surface area contributed by atoms with Gasteiger partial charge in [0.25, 0.3) is 5.91 Å². The van der Waals surface area contributed by atoms with Gasteiger partial charge in [-0.3, -0.25) is 14.4 Å². The molecule has 1 saturated heterocycles. The van der Waals surface area contributed by atoms with Gasteiger partial charge in [-0.05, 0) is 37.3 Å². The molecule has 0 bridgehead atoms. The Labute approximate surface area is 158 Å². The first-order chi connectivity index (χ1) is 12.7. The summed E-state index contributed by atoms with van der Waals surface area (Å²) in [6, 6.07) is 5.63. The lowest BCUT2D eigenvalue weighted by Crippen LogP contribution is -2.36. The fourth-order valence-electron chi connectivity index (χ4n) is 2.90. The number of hydrogen-bond acceptors (Lipinski definition) is 6. The molecule has 2 N–H and O–H groups in total. The van der Waals surface area contributed by atoms with Crippen molar-refractivity contribution in [1.29, 1.82) is 0 Å². The number of hydrogen-bond donors (Lipinski definition) is 2. The molecule has 1 aliphatic rings. The van der Waals surface area contributed by atoms with Gasteiger partial charge < -0.3 is 15.4 Å². The van der Waals surface area contributed by atoms with Gasteiger partial charge in [-0.1, -0.05) is 18.2 Å². The van der Waals surface area contributed by atoms with Gasteiger partial charge in [-0.25, -0.2) is 8.42 Å². The molecule has 0 saturated carbocycles. The minimum atomic E-state index is -3.05. The number of para-hydroxylation sites is 1. The van der Waals surface area contributed by atoms with Gasteiger partial charge in [0.1, 0.15) is 0 Å². The van der Waals surface area contributed by atoms with Crippen LogP contribution < -0.4 is 10.6 Å². The van der Waals surface area contributed by atoms with Gasteiger partial charge in [0.15, 0.2) is 16.4 Å².